The van der Waals surface area contributed by atoms with Crippen molar-refractivity contribution in [1.29, 1.82) is 0 Å². The molecule has 0 aromatic heterocycles. The quantitative estimate of drug-likeness (QED) is 0.763. The van der Waals surface area contributed by atoms with Crippen LogP contribution < -0.4 is 10.1 Å². The molecule has 1 rings (SSSR count). The van der Waals surface area contributed by atoms with Gasteiger partial charge in [0.1, 0.15) is 5.75 Å². The minimum atomic E-state index is 0.588. The lowest BCUT2D eigenvalue weighted by Crippen LogP contribution is -2.24. The van der Waals surface area contributed by atoms with E-state index in [1.54, 1.807) is 7.11 Å². The molecule has 0 spiro atoms. The number of ether oxygens (including phenoxy) is 1. The molecular weight excluding hydrogens is 302 g/mol. The van der Waals surface area contributed by atoms with Gasteiger partial charge in [-0.2, -0.15) is 0 Å². The van der Waals surface area contributed by atoms with Gasteiger partial charge < -0.3 is 10.1 Å². The molecule has 0 saturated carbocycles. The van der Waals surface area contributed by atoms with E-state index in [1.807, 2.05) is 6.07 Å². The average Bonchev–Trinajstić information content (AvgIpc) is 2.36. The smallest absolute Gasteiger partial charge is 0.133 e. The molecule has 108 valence electrons. The van der Waals surface area contributed by atoms with Crippen LogP contribution in [-0.2, 0) is 6.42 Å². The van der Waals surface area contributed by atoms with E-state index in [9.17, 15) is 0 Å². The lowest BCUT2D eigenvalue weighted by molar-refractivity contribution is 0.411. The summed E-state index contributed by atoms with van der Waals surface area (Å²) in [5.74, 6) is 1.66. The number of methoxy groups -OCH3 is 1. The zero-order valence-corrected chi connectivity index (χ0v) is 14.1. The van der Waals surface area contributed by atoms with Gasteiger partial charge in [0.2, 0.25) is 0 Å². The molecule has 0 amide bonds. The summed E-state index contributed by atoms with van der Waals surface area (Å²) in [5.41, 5.74) is 1.37. The third-order valence-corrected chi connectivity index (χ3v) is 3.95. The fourth-order valence-electron chi connectivity index (χ4n) is 2.04. The number of benzene rings is 1. The number of halogens is 1. The molecule has 0 saturated heterocycles. The van der Waals surface area contributed by atoms with E-state index < -0.39 is 0 Å². The van der Waals surface area contributed by atoms with Crippen LogP contribution in [0.15, 0.2) is 22.7 Å². The molecule has 1 N–H and O–H groups in total. The van der Waals surface area contributed by atoms with Crippen molar-refractivity contribution in [2.45, 2.75) is 46.1 Å². The summed E-state index contributed by atoms with van der Waals surface area (Å²) < 4.78 is 6.29. The van der Waals surface area contributed by atoms with E-state index >= 15 is 0 Å². The summed E-state index contributed by atoms with van der Waals surface area (Å²) in [6.45, 7) is 7.84. The molecule has 2 nitrogen and oxygen atoms in total. The molecule has 0 fully saturated rings. The highest BCUT2D eigenvalue weighted by atomic mass is 79.9. The molecule has 1 unspecified atom stereocenters. The van der Waals surface area contributed by atoms with Gasteiger partial charge in [-0.15, -0.1) is 0 Å². The standard InChI is InChI=1S/C16H26BrNO/c1-12(2)18-10-9-13(3)5-6-14-7-8-16(19-4)15(17)11-14/h7-8,11-13,18H,5-6,9-10H2,1-4H3. The molecular formula is C16H26BrNO. The highest BCUT2D eigenvalue weighted by Crippen LogP contribution is 2.26. The van der Waals surface area contributed by atoms with E-state index in [0.717, 1.165) is 29.1 Å². The van der Waals surface area contributed by atoms with Crippen molar-refractivity contribution in [3.05, 3.63) is 28.2 Å². The summed E-state index contributed by atoms with van der Waals surface area (Å²) in [6, 6.07) is 6.94. The van der Waals surface area contributed by atoms with Crippen LogP contribution in [0.1, 0.15) is 39.2 Å². The van der Waals surface area contributed by atoms with Crippen LogP contribution in [0.25, 0.3) is 0 Å². The van der Waals surface area contributed by atoms with Crippen molar-refractivity contribution in [3.63, 3.8) is 0 Å². The lowest BCUT2D eigenvalue weighted by Gasteiger charge is -2.14. The summed E-state index contributed by atoms with van der Waals surface area (Å²) >= 11 is 3.54. The van der Waals surface area contributed by atoms with E-state index in [-0.39, 0.29) is 0 Å². The maximum atomic E-state index is 5.25. The fourth-order valence-corrected chi connectivity index (χ4v) is 2.63. The third kappa shape index (κ3) is 6.44. The van der Waals surface area contributed by atoms with E-state index in [2.05, 4.69) is 54.2 Å². The van der Waals surface area contributed by atoms with Gasteiger partial charge >= 0.3 is 0 Å². The highest BCUT2D eigenvalue weighted by molar-refractivity contribution is 9.10. The van der Waals surface area contributed by atoms with Crippen LogP contribution >= 0.6 is 15.9 Å². The van der Waals surface area contributed by atoms with Crippen LogP contribution in [0.3, 0.4) is 0 Å². The largest absolute Gasteiger partial charge is 0.496 e. The Labute approximate surface area is 126 Å². The van der Waals surface area contributed by atoms with Crippen LogP contribution in [0.4, 0.5) is 0 Å². The van der Waals surface area contributed by atoms with Crippen LogP contribution in [0, 0.1) is 5.92 Å². The van der Waals surface area contributed by atoms with Gasteiger partial charge in [0.15, 0.2) is 0 Å². The van der Waals surface area contributed by atoms with Gasteiger partial charge in [-0.05, 0) is 65.4 Å². The normalized spacial score (nSPS) is 12.7. The maximum absolute atomic E-state index is 5.25. The molecule has 3 heteroatoms. The number of hydrogen-bond donors (Lipinski definition) is 1. The molecule has 0 aliphatic heterocycles. The Kier molecular flexibility index (Phi) is 7.47. The zero-order chi connectivity index (χ0) is 14.3. The molecule has 1 aromatic carbocycles. The Morgan fingerprint density at radius 1 is 1.21 bits per heavy atom. The second-order valence-corrected chi connectivity index (χ2v) is 6.36. The molecule has 1 aromatic rings. The van der Waals surface area contributed by atoms with Gasteiger partial charge in [-0.3, -0.25) is 0 Å². The minimum absolute atomic E-state index is 0.588. The van der Waals surface area contributed by atoms with Crippen LogP contribution in [0.5, 0.6) is 5.75 Å². The Balaban J connectivity index is 2.33. The summed E-state index contributed by atoms with van der Waals surface area (Å²) in [7, 11) is 1.70. The van der Waals surface area contributed by atoms with Gasteiger partial charge in [0.25, 0.3) is 0 Å². The maximum Gasteiger partial charge on any atom is 0.133 e. The Morgan fingerprint density at radius 3 is 2.53 bits per heavy atom. The van der Waals surface area contributed by atoms with E-state index in [1.165, 1.54) is 18.4 Å². The topological polar surface area (TPSA) is 21.3 Å². The van der Waals surface area contributed by atoms with E-state index in [4.69, 9.17) is 4.74 Å². The Morgan fingerprint density at radius 2 is 1.95 bits per heavy atom. The number of hydrogen-bond acceptors (Lipinski definition) is 2. The third-order valence-electron chi connectivity index (χ3n) is 3.33. The Hall–Kier alpha value is -0.540. The van der Waals surface area contributed by atoms with Gasteiger partial charge in [0.05, 0.1) is 11.6 Å². The zero-order valence-electron chi connectivity index (χ0n) is 12.5. The first-order valence-electron chi connectivity index (χ1n) is 7.08. The first-order chi connectivity index (χ1) is 9.02. The van der Waals surface area contributed by atoms with Gasteiger partial charge in [-0.25, -0.2) is 0 Å². The molecule has 0 aliphatic rings. The first kappa shape index (κ1) is 16.5. The van der Waals surface area contributed by atoms with Crippen molar-refractivity contribution in [2.24, 2.45) is 5.92 Å². The summed E-state index contributed by atoms with van der Waals surface area (Å²) in [6.07, 6.45) is 3.61. The monoisotopic (exact) mass is 327 g/mol. The number of aryl methyl sites for hydroxylation is 1. The fraction of sp³-hybridized carbons (Fsp3) is 0.625. The summed E-state index contributed by atoms with van der Waals surface area (Å²) in [4.78, 5) is 0. The number of nitrogens with one attached hydrogen (secondary N) is 1. The second kappa shape index (κ2) is 8.60. The summed E-state index contributed by atoms with van der Waals surface area (Å²) in [5, 5.41) is 3.47. The predicted molar refractivity (Wildman–Crippen MR) is 85.9 cm³/mol. The highest BCUT2D eigenvalue weighted by Gasteiger charge is 2.05. The van der Waals surface area contributed by atoms with Crippen molar-refractivity contribution in [1.82, 2.24) is 5.32 Å². The molecule has 0 bridgehead atoms. The number of rotatable bonds is 8. The molecule has 0 heterocycles. The predicted octanol–water partition coefficient (Wildman–Crippen LogP) is 4.41. The van der Waals surface area contributed by atoms with Crippen molar-refractivity contribution < 1.29 is 4.74 Å². The second-order valence-electron chi connectivity index (χ2n) is 5.51. The molecule has 19 heavy (non-hydrogen) atoms. The minimum Gasteiger partial charge on any atom is -0.496 e. The van der Waals surface area contributed by atoms with Crippen molar-refractivity contribution >= 4 is 15.9 Å². The molecule has 1 atom stereocenters. The van der Waals surface area contributed by atoms with Gasteiger partial charge in [0, 0.05) is 6.04 Å². The van der Waals surface area contributed by atoms with Crippen LogP contribution in [-0.4, -0.2) is 19.7 Å². The Bertz CT molecular complexity index is 379. The van der Waals surface area contributed by atoms with Crippen molar-refractivity contribution in [2.75, 3.05) is 13.7 Å². The van der Waals surface area contributed by atoms with Crippen molar-refractivity contribution in [3.8, 4) is 5.75 Å². The van der Waals surface area contributed by atoms with Crippen LogP contribution in [0.2, 0.25) is 0 Å². The lowest BCUT2D eigenvalue weighted by atomic mass is 9.98. The average molecular weight is 328 g/mol. The SMILES string of the molecule is COc1ccc(CCC(C)CCNC(C)C)cc1Br. The van der Waals surface area contributed by atoms with E-state index in [0.29, 0.717) is 6.04 Å². The molecule has 0 aliphatic carbocycles. The first-order valence-corrected chi connectivity index (χ1v) is 7.88. The molecule has 0 radical (unpaired) electrons. The van der Waals surface area contributed by atoms with Gasteiger partial charge in [-0.1, -0.05) is 26.8 Å².